The summed E-state index contributed by atoms with van der Waals surface area (Å²) < 4.78 is 2.95. The van der Waals surface area contributed by atoms with Gasteiger partial charge in [0.05, 0.1) is 11.4 Å². The van der Waals surface area contributed by atoms with Gasteiger partial charge in [-0.2, -0.15) is 5.10 Å². The highest BCUT2D eigenvalue weighted by atomic mass is 79.9. The van der Waals surface area contributed by atoms with Crippen molar-refractivity contribution in [3.8, 4) is 5.69 Å². The highest BCUT2D eigenvalue weighted by Gasteiger charge is 2.10. The van der Waals surface area contributed by atoms with Crippen LogP contribution in [0.3, 0.4) is 0 Å². The van der Waals surface area contributed by atoms with E-state index in [9.17, 15) is 0 Å². The molecule has 0 radical (unpaired) electrons. The lowest BCUT2D eigenvalue weighted by Gasteiger charge is -2.20. The van der Waals surface area contributed by atoms with Crippen LogP contribution in [-0.4, -0.2) is 15.3 Å². The molecule has 19 heavy (non-hydrogen) atoms. The van der Waals surface area contributed by atoms with Crippen molar-refractivity contribution in [3.63, 3.8) is 0 Å². The van der Waals surface area contributed by atoms with Crippen molar-refractivity contribution in [1.29, 1.82) is 0 Å². The van der Waals surface area contributed by atoms with E-state index in [-0.39, 0.29) is 5.54 Å². The second kappa shape index (κ2) is 5.47. The number of nitrogens with zero attached hydrogens (tertiary/aromatic N) is 2. The number of benzene rings is 1. The molecule has 0 aliphatic carbocycles. The summed E-state index contributed by atoms with van der Waals surface area (Å²) in [5, 5.41) is 7.91. The number of hydrogen-bond acceptors (Lipinski definition) is 2. The van der Waals surface area contributed by atoms with Crippen molar-refractivity contribution < 1.29 is 0 Å². The van der Waals surface area contributed by atoms with Crippen molar-refractivity contribution in [1.82, 2.24) is 15.1 Å². The molecule has 0 aliphatic rings. The first-order valence-electron chi connectivity index (χ1n) is 6.41. The first kappa shape index (κ1) is 14.3. The third-order valence-electron chi connectivity index (χ3n) is 2.80. The van der Waals surface area contributed by atoms with Crippen molar-refractivity contribution >= 4 is 15.9 Å². The second-order valence-corrected chi connectivity index (χ2v) is 6.65. The van der Waals surface area contributed by atoms with Gasteiger partial charge in [0, 0.05) is 22.8 Å². The second-order valence-electron chi connectivity index (χ2n) is 5.79. The van der Waals surface area contributed by atoms with E-state index < -0.39 is 0 Å². The fourth-order valence-electron chi connectivity index (χ4n) is 1.76. The van der Waals surface area contributed by atoms with Crippen LogP contribution in [0.15, 0.2) is 34.9 Å². The van der Waals surface area contributed by atoms with E-state index in [1.807, 2.05) is 23.9 Å². The number of aryl methyl sites for hydroxylation is 1. The number of nitrogens with one attached hydrogen (secondary N) is 1. The molecule has 0 saturated heterocycles. The molecule has 1 N–H and O–H groups in total. The summed E-state index contributed by atoms with van der Waals surface area (Å²) in [6, 6.07) is 8.37. The third kappa shape index (κ3) is 3.91. The maximum absolute atomic E-state index is 4.43. The van der Waals surface area contributed by atoms with Crippen molar-refractivity contribution in [2.24, 2.45) is 0 Å². The third-order valence-corrected chi connectivity index (χ3v) is 3.44. The van der Waals surface area contributed by atoms with Crippen molar-refractivity contribution in [3.05, 3.63) is 46.2 Å². The summed E-state index contributed by atoms with van der Waals surface area (Å²) in [6.45, 7) is 9.36. The normalized spacial score (nSPS) is 11.8. The Morgan fingerprint density at radius 2 is 2.00 bits per heavy atom. The van der Waals surface area contributed by atoms with Crippen LogP contribution in [0.1, 0.15) is 32.0 Å². The first-order chi connectivity index (χ1) is 8.85. The molecule has 3 nitrogen and oxygen atoms in total. The van der Waals surface area contributed by atoms with Crippen LogP contribution in [0.4, 0.5) is 0 Å². The van der Waals surface area contributed by atoms with Gasteiger partial charge in [0.25, 0.3) is 0 Å². The van der Waals surface area contributed by atoms with Crippen molar-refractivity contribution in [2.45, 2.75) is 39.8 Å². The molecule has 1 heterocycles. The molecule has 0 unspecified atom stereocenters. The number of halogens is 1. The molecular weight excluding hydrogens is 302 g/mol. The highest BCUT2D eigenvalue weighted by molar-refractivity contribution is 9.10. The van der Waals surface area contributed by atoms with Crippen LogP contribution < -0.4 is 5.32 Å². The quantitative estimate of drug-likeness (QED) is 0.931. The molecule has 102 valence electrons. The first-order valence-corrected chi connectivity index (χ1v) is 7.20. The molecule has 0 saturated carbocycles. The largest absolute Gasteiger partial charge is 0.308 e. The Hall–Kier alpha value is -1.13. The molecule has 0 atom stereocenters. The van der Waals surface area contributed by atoms with Crippen LogP contribution in [0, 0.1) is 6.92 Å². The summed E-state index contributed by atoms with van der Waals surface area (Å²) in [4.78, 5) is 0. The van der Waals surface area contributed by atoms with Gasteiger partial charge in [-0.1, -0.05) is 6.07 Å². The molecule has 1 aromatic heterocycles. The molecule has 0 spiro atoms. The van der Waals surface area contributed by atoms with E-state index in [1.54, 1.807) is 0 Å². The molecule has 0 fully saturated rings. The Kier molecular flexibility index (Phi) is 4.11. The Bertz CT molecular complexity index is 567. The van der Waals surface area contributed by atoms with E-state index in [0.717, 1.165) is 22.4 Å². The van der Waals surface area contributed by atoms with Gasteiger partial charge in [0.2, 0.25) is 0 Å². The lowest BCUT2D eigenvalue weighted by Crippen LogP contribution is -2.35. The predicted octanol–water partition coefficient (Wildman–Crippen LogP) is 3.83. The van der Waals surface area contributed by atoms with Gasteiger partial charge in [0.15, 0.2) is 0 Å². The Morgan fingerprint density at radius 1 is 1.26 bits per heavy atom. The number of rotatable bonds is 3. The topological polar surface area (TPSA) is 29.9 Å². The minimum atomic E-state index is 0.129. The summed E-state index contributed by atoms with van der Waals surface area (Å²) >= 11 is 3.62. The van der Waals surface area contributed by atoms with E-state index >= 15 is 0 Å². The van der Waals surface area contributed by atoms with Gasteiger partial charge in [-0.3, -0.25) is 0 Å². The average Bonchev–Trinajstić information content (AvgIpc) is 2.72. The van der Waals surface area contributed by atoms with Crippen LogP contribution >= 0.6 is 15.9 Å². The van der Waals surface area contributed by atoms with E-state index in [2.05, 4.69) is 65.3 Å². The maximum atomic E-state index is 4.43. The van der Waals surface area contributed by atoms with E-state index in [1.165, 1.54) is 5.56 Å². The fourth-order valence-corrected chi connectivity index (χ4v) is 2.37. The molecule has 0 amide bonds. The summed E-state index contributed by atoms with van der Waals surface area (Å²) in [7, 11) is 0. The highest BCUT2D eigenvalue weighted by Crippen LogP contribution is 2.22. The van der Waals surface area contributed by atoms with E-state index in [4.69, 9.17) is 0 Å². The Balaban J connectivity index is 2.18. The molecule has 2 aromatic rings. The fraction of sp³-hybridized carbons (Fsp3) is 0.400. The number of aromatic nitrogens is 2. The monoisotopic (exact) mass is 321 g/mol. The van der Waals surface area contributed by atoms with Crippen LogP contribution in [-0.2, 0) is 6.54 Å². The van der Waals surface area contributed by atoms with Crippen LogP contribution in [0.25, 0.3) is 5.69 Å². The minimum Gasteiger partial charge on any atom is -0.308 e. The zero-order valence-electron chi connectivity index (χ0n) is 11.9. The van der Waals surface area contributed by atoms with Gasteiger partial charge in [0.1, 0.15) is 0 Å². The predicted molar refractivity (Wildman–Crippen MR) is 82.6 cm³/mol. The average molecular weight is 322 g/mol. The molecule has 0 bridgehead atoms. The Labute approximate surface area is 123 Å². The molecular formula is C15H20BrN3. The maximum Gasteiger partial charge on any atom is 0.0787 e. The zero-order chi connectivity index (χ0) is 14.0. The van der Waals surface area contributed by atoms with E-state index in [0.29, 0.717) is 0 Å². The molecule has 1 aromatic carbocycles. The van der Waals surface area contributed by atoms with Gasteiger partial charge in [-0.25, -0.2) is 4.68 Å². The molecule has 2 rings (SSSR count). The molecule has 0 aliphatic heterocycles. The van der Waals surface area contributed by atoms with Gasteiger partial charge in [-0.15, -0.1) is 0 Å². The standard InChI is InChI=1S/C15H20BrN3/c1-11-7-8-19(18-11)14-6-5-12(9-13(14)16)10-17-15(2,3)4/h5-9,17H,10H2,1-4H3. The van der Waals surface area contributed by atoms with Crippen molar-refractivity contribution in [2.75, 3.05) is 0 Å². The van der Waals surface area contributed by atoms with Gasteiger partial charge >= 0.3 is 0 Å². The SMILES string of the molecule is Cc1ccn(-c2ccc(CNC(C)(C)C)cc2Br)n1. The summed E-state index contributed by atoms with van der Waals surface area (Å²) in [6.07, 6.45) is 1.97. The van der Waals surface area contributed by atoms with Crippen LogP contribution in [0.2, 0.25) is 0 Å². The zero-order valence-corrected chi connectivity index (χ0v) is 13.5. The number of hydrogen-bond donors (Lipinski definition) is 1. The van der Waals surface area contributed by atoms with Gasteiger partial charge in [-0.05, 0) is 67.4 Å². The van der Waals surface area contributed by atoms with Crippen LogP contribution in [0.5, 0.6) is 0 Å². The lowest BCUT2D eigenvalue weighted by atomic mass is 10.1. The van der Waals surface area contributed by atoms with Gasteiger partial charge < -0.3 is 5.32 Å². The minimum absolute atomic E-state index is 0.129. The lowest BCUT2D eigenvalue weighted by molar-refractivity contribution is 0.424. The summed E-state index contributed by atoms with van der Waals surface area (Å²) in [5.74, 6) is 0. The smallest absolute Gasteiger partial charge is 0.0787 e. The molecule has 4 heteroatoms. The Morgan fingerprint density at radius 3 is 2.53 bits per heavy atom. The summed E-state index contributed by atoms with van der Waals surface area (Å²) in [5.41, 5.74) is 3.47.